The molecule has 1 N–H and O–H groups in total. The number of aromatic nitrogens is 3. The van der Waals surface area contributed by atoms with E-state index in [1.54, 1.807) is 11.0 Å². The number of amides is 1. The summed E-state index contributed by atoms with van der Waals surface area (Å²) in [6.45, 7) is 3.80. The average molecular weight is 409 g/mol. The molecule has 3 aromatic rings. The standard InChI is InChI=1S/C21H23N5O4/c1-3-19(21(25-14-22-13-23-25)16-6-4-15(2)5-7-16)24-20(27)12-30-18-10-8-17(9-11-18)26(28)29/h4-11,13-14,19,21H,3,12H2,1-2H3,(H,24,27)/t19-,21+/m0/s1. The number of carbonyl (C=O) groups is 1. The summed E-state index contributed by atoms with van der Waals surface area (Å²) in [6.07, 6.45) is 3.77. The fourth-order valence-electron chi connectivity index (χ4n) is 3.16. The van der Waals surface area contributed by atoms with Crippen molar-refractivity contribution < 1.29 is 14.5 Å². The van der Waals surface area contributed by atoms with Gasteiger partial charge in [-0.1, -0.05) is 36.8 Å². The number of hydrogen-bond donors (Lipinski definition) is 1. The van der Waals surface area contributed by atoms with Crippen molar-refractivity contribution in [2.45, 2.75) is 32.4 Å². The highest BCUT2D eigenvalue weighted by Crippen LogP contribution is 2.24. The average Bonchev–Trinajstić information content (AvgIpc) is 3.27. The molecule has 0 bridgehead atoms. The summed E-state index contributed by atoms with van der Waals surface area (Å²) < 4.78 is 7.20. The number of carbonyl (C=O) groups excluding carboxylic acids is 1. The maximum Gasteiger partial charge on any atom is 0.269 e. The van der Waals surface area contributed by atoms with E-state index in [2.05, 4.69) is 15.4 Å². The molecule has 9 heteroatoms. The fraction of sp³-hybridized carbons (Fsp3) is 0.286. The van der Waals surface area contributed by atoms with Crippen LogP contribution < -0.4 is 10.1 Å². The number of hydrogen-bond acceptors (Lipinski definition) is 6. The second-order valence-corrected chi connectivity index (χ2v) is 6.85. The fourth-order valence-corrected chi connectivity index (χ4v) is 3.16. The van der Waals surface area contributed by atoms with Gasteiger partial charge in [-0.15, -0.1) is 0 Å². The maximum atomic E-state index is 12.5. The van der Waals surface area contributed by atoms with Crippen LogP contribution in [0.1, 0.15) is 30.5 Å². The first-order valence-corrected chi connectivity index (χ1v) is 9.55. The molecule has 0 saturated heterocycles. The summed E-state index contributed by atoms with van der Waals surface area (Å²) in [5.74, 6) is 0.0904. The molecule has 0 saturated carbocycles. The summed E-state index contributed by atoms with van der Waals surface area (Å²) in [5, 5.41) is 18.0. The second-order valence-electron chi connectivity index (χ2n) is 6.85. The van der Waals surface area contributed by atoms with Crippen molar-refractivity contribution in [3.63, 3.8) is 0 Å². The number of nitrogens with zero attached hydrogens (tertiary/aromatic N) is 4. The molecule has 0 aliphatic carbocycles. The van der Waals surface area contributed by atoms with Gasteiger partial charge in [-0.25, -0.2) is 9.67 Å². The van der Waals surface area contributed by atoms with Gasteiger partial charge in [-0.2, -0.15) is 5.10 Å². The highest BCUT2D eigenvalue weighted by atomic mass is 16.6. The summed E-state index contributed by atoms with van der Waals surface area (Å²) in [5.41, 5.74) is 2.12. The molecule has 2 atom stereocenters. The van der Waals surface area contributed by atoms with Crippen LogP contribution in [0.3, 0.4) is 0 Å². The minimum absolute atomic E-state index is 0.0355. The van der Waals surface area contributed by atoms with E-state index in [-0.39, 0.29) is 30.3 Å². The molecule has 0 unspecified atom stereocenters. The van der Waals surface area contributed by atoms with E-state index in [0.717, 1.165) is 11.1 Å². The lowest BCUT2D eigenvalue weighted by Gasteiger charge is -2.27. The number of non-ortho nitro benzene ring substituents is 1. The molecule has 3 rings (SSSR count). The van der Waals surface area contributed by atoms with Gasteiger partial charge in [-0.05, 0) is 31.0 Å². The van der Waals surface area contributed by atoms with Crippen LogP contribution in [-0.4, -0.2) is 38.2 Å². The number of nitro groups is 1. The molecule has 0 radical (unpaired) electrons. The number of nitro benzene ring substituents is 1. The molecule has 0 spiro atoms. The van der Waals surface area contributed by atoms with Crippen LogP contribution >= 0.6 is 0 Å². The summed E-state index contributed by atoms with van der Waals surface area (Å²) in [6, 6.07) is 13.2. The third-order valence-corrected chi connectivity index (χ3v) is 4.73. The Balaban J connectivity index is 1.69. The molecular weight excluding hydrogens is 386 g/mol. The molecule has 30 heavy (non-hydrogen) atoms. The number of ether oxygens (including phenoxy) is 1. The van der Waals surface area contributed by atoms with Crippen molar-refractivity contribution in [2.24, 2.45) is 0 Å². The van der Waals surface area contributed by atoms with Crippen molar-refractivity contribution in [2.75, 3.05) is 6.61 Å². The van der Waals surface area contributed by atoms with Crippen molar-refractivity contribution >= 4 is 11.6 Å². The van der Waals surface area contributed by atoms with Gasteiger partial charge in [0.25, 0.3) is 11.6 Å². The highest BCUT2D eigenvalue weighted by Gasteiger charge is 2.26. The predicted octanol–water partition coefficient (Wildman–Crippen LogP) is 3.06. The molecular formula is C21H23N5O4. The van der Waals surface area contributed by atoms with Crippen LogP contribution in [0.2, 0.25) is 0 Å². The first-order chi connectivity index (χ1) is 14.5. The number of rotatable bonds is 9. The van der Waals surface area contributed by atoms with Gasteiger partial charge in [-0.3, -0.25) is 14.9 Å². The third kappa shape index (κ3) is 5.19. The van der Waals surface area contributed by atoms with Gasteiger partial charge in [0.1, 0.15) is 18.4 Å². The zero-order valence-corrected chi connectivity index (χ0v) is 16.8. The smallest absolute Gasteiger partial charge is 0.269 e. The maximum absolute atomic E-state index is 12.5. The van der Waals surface area contributed by atoms with Gasteiger partial charge in [0.05, 0.1) is 17.0 Å². The van der Waals surface area contributed by atoms with Gasteiger partial charge < -0.3 is 10.1 Å². The SMILES string of the molecule is CC[C@H](NC(=O)COc1ccc([N+](=O)[O-])cc1)[C@@H](c1ccc(C)cc1)n1cncn1. The van der Waals surface area contributed by atoms with Gasteiger partial charge in [0.15, 0.2) is 6.61 Å². The van der Waals surface area contributed by atoms with Crippen LogP contribution in [-0.2, 0) is 4.79 Å². The van der Waals surface area contributed by atoms with E-state index in [0.29, 0.717) is 12.2 Å². The lowest BCUT2D eigenvalue weighted by atomic mass is 9.96. The Labute approximate surface area is 173 Å². The van der Waals surface area contributed by atoms with E-state index in [1.807, 2.05) is 38.1 Å². The zero-order valence-electron chi connectivity index (χ0n) is 16.8. The zero-order chi connectivity index (χ0) is 21.5. The van der Waals surface area contributed by atoms with Crippen molar-refractivity contribution in [1.29, 1.82) is 0 Å². The Morgan fingerprint density at radius 3 is 2.47 bits per heavy atom. The Morgan fingerprint density at radius 2 is 1.90 bits per heavy atom. The van der Waals surface area contributed by atoms with Crippen LogP contribution in [0.15, 0.2) is 61.2 Å². The quantitative estimate of drug-likeness (QED) is 0.429. The van der Waals surface area contributed by atoms with Gasteiger partial charge >= 0.3 is 0 Å². The molecule has 0 aliphatic rings. The van der Waals surface area contributed by atoms with E-state index < -0.39 is 4.92 Å². The molecule has 1 heterocycles. The Hall–Kier alpha value is -3.75. The predicted molar refractivity (Wildman–Crippen MR) is 110 cm³/mol. The molecule has 156 valence electrons. The van der Waals surface area contributed by atoms with Gasteiger partial charge in [0, 0.05) is 12.1 Å². The summed E-state index contributed by atoms with van der Waals surface area (Å²) >= 11 is 0. The van der Waals surface area contributed by atoms with Crippen LogP contribution in [0.25, 0.3) is 0 Å². The topological polar surface area (TPSA) is 112 Å². The molecule has 0 aliphatic heterocycles. The lowest BCUT2D eigenvalue weighted by molar-refractivity contribution is -0.384. The minimum Gasteiger partial charge on any atom is -0.484 e. The largest absolute Gasteiger partial charge is 0.484 e. The van der Waals surface area contributed by atoms with Crippen molar-refractivity contribution in [3.8, 4) is 5.75 Å². The third-order valence-electron chi connectivity index (χ3n) is 4.73. The van der Waals surface area contributed by atoms with E-state index in [4.69, 9.17) is 4.74 Å². The molecule has 0 fully saturated rings. The first-order valence-electron chi connectivity index (χ1n) is 9.55. The minimum atomic E-state index is -0.488. The lowest BCUT2D eigenvalue weighted by Crippen LogP contribution is -2.43. The number of benzene rings is 2. The Kier molecular flexibility index (Phi) is 6.74. The normalized spacial score (nSPS) is 12.7. The van der Waals surface area contributed by atoms with Gasteiger partial charge in [0.2, 0.25) is 0 Å². The van der Waals surface area contributed by atoms with Crippen molar-refractivity contribution in [3.05, 3.63) is 82.4 Å². The number of nitrogens with one attached hydrogen (secondary N) is 1. The van der Waals surface area contributed by atoms with Crippen LogP contribution in [0.5, 0.6) is 5.75 Å². The molecule has 1 amide bonds. The van der Waals surface area contributed by atoms with E-state index in [9.17, 15) is 14.9 Å². The van der Waals surface area contributed by atoms with E-state index >= 15 is 0 Å². The second kappa shape index (κ2) is 9.64. The molecule has 2 aromatic carbocycles. The van der Waals surface area contributed by atoms with Crippen molar-refractivity contribution in [1.82, 2.24) is 20.1 Å². The summed E-state index contributed by atoms with van der Waals surface area (Å²) in [7, 11) is 0. The monoisotopic (exact) mass is 409 g/mol. The molecule has 9 nitrogen and oxygen atoms in total. The Bertz CT molecular complexity index is 972. The Morgan fingerprint density at radius 1 is 1.20 bits per heavy atom. The highest BCUT2D eigenvalue weighted by molar-refractivity contribution is 5.78. The first kappa shape index (κ1) is 21.0. The molecule has 1 aromatic heterocycles. The van der Waals surface area contributed by atoms with Crippen LogP contribution in [0, 0.1) is 17.0 Å². The number of aryl methyl sites for hydroxylation is 1. The van der Waals surface area contributed by atoms with E-state index in [1.165, 1.54) is 30.6 Å². The summed E-state index contributed by atoms with van der Waals surface area (Å²) in [4.78, 5) is 26.8. The van der Waals surface area contributed by atoms with Crippen LogP contribution in [0.4, 0.5) is 5.69 Å².